The second kappa shape index (κ2) is 9.88. The first kappa shape index (κ1) is 13.8. The molecule has 1 aromatic carbocycles. The highest BCUT2D eigenvalue weighted by Crippen LogP contribution is 2.09. The van der Waals surface area contributed by atoms with Gasteiger partial charge in [0, 0.05) is 6.54 Å². The monoisotopic (exact) mass is 233 g/mol. The minimum Gasteiger partial charge on any atom is -0.359 e. The SMILES string of the molecule is O=CNCCCCCCCCc1ccccc1. The van der Waals surface area contributed by atoms with Crippen LogP contribution in [0.5, 0.6) is 0 Å². The molecule has 0 radical (unpaired) electrons. The van der Waals surface area contributed by atoms with Crippen LogP contribution in [-0.2, 0) is 11.2 Å². The van der Waals surface area contributed by atoms with Gasteiger partial charge < -0.3 is 5.32 Å². The summed E-state index contributed by atoms with van der Waals surface area (Å²) in [5, 5.41) is 2.69. The van der Waals surface area contributed by atoms with Gasteiger partial charge in [-0.25, -0.2) is 0 Å². The van der Waals surface area contributed by atoms with Crippen LogP contribution in [0.1, 0.15) is 44.1 Å². The standard InChI is InChI=1S/C15H23NO/c17-14-16-13-9-4-2-1-3-6-10-15-11-7-5-8-12-15/h5,7-8,11-12,14H,1-4,6,9-10,13H2,(H,16,17). The fourth-order valence-electron chi connectivity index (χ4n) is 1.97. The maximum atomic E-state index is 10.0. The summed E-state index contributed by atoms with van der Waals surface area (Å²) in [4.78, 5) is 10.0. The molecule has 2 heteroatoms. The van der Waals surface area contributed by atoms with Crippen LogP contribution in [0.2, 0.25) is 0 Å². The van der Waals surface area contributed by atoms with Gasteiger partial charge in [0.1, 0.15) is 0 Å². The van der Waals surface area contributed by atoms with Crippen LogP contribution in [0.15, 0.2) is 30.3 Å². The molecule has 0 heterocycles. The van der Waals surface area contributed by atoms with Crippen molar-refractivity contribution in [3.63, 3.8) is 0 Å². The Hall–Kier alpha value is -1.31. The van der Waals surface area contributed by atoms with E-state index in [0.29, 0.717) is 0 Å². The molecule has 94 valence electrons. The van der Waals surface area contributed by atoms with Gasteiger partial charge in [0.15, 0.2) is 0 Å². The molecule has 0 saturated heterocycles. The smallest absolute Gasteiger partial charge is 0.207 e. The summed E-state index contributed by atoms with van der Waals surface area (Å²) in [5.41, 5.74) is 1.45. The van der Waals surface area contributed by atoms with Crippen molar-refractivity contribution in [1.29, 1.82) is 0 Å². The molecule has 0 saturated carbocycles. The molecule has 0 atom stereocenters. The summed E-state index contributed by atoms with van der Waals surface area (Å²) in [5.74, 6) is 0. The molecule has 1 aromatic rings. The molecule has 0 fully saturated rings. The lowest BCUT2D eigenvalue weighted by Crippen LogP contribution is -2.11. The number of aryl methyl sites for hydroxylation is 1. The van der Waals surface area contributed by atoms with Crippen LogP contribution >= 0.6 is 0 Å². The lowest BCUT2D eigenvalue weighted by atomic mass is 10.1. The van der Waals surface area contributed by atoms with Gasteiger partial charge in [-0.05, 0) is 24.8 Å². The van der Waals surface area contributed by atoms with Crippen molar-refractivity contribution in [2.45, 2.75) is 44.9 Å². The van der Waals surface area contributed by atoms with Crippen LogP contribution in [0.3, 0.4) is 0 Å². The average Bonchev–Trinajstić information content (AvgIpc) is 2.38. The third-order valence-corrected chi connectivity index (χ3v) is 2.96. The quantitative estimate of drug-likeness (QED) is 0.487. The van der Waals surface area contributed by atoms with E-state index in [9.17, 15) is 4.79 Å². The van der Waals surface area contributed by atoms with Crippen molar-refractivity contribution in [3.05, 3.63) is 35.9 Å². The molecule has 0 spiro atoms. The zero-order chi connectivity index (χ0) is 12.2. The minimum absolute atomic E-state index is 0.778. The molecule has 0 bridgehead atoms. The van der Waals surface area contributed by atoms with E-state index in [2.05, 4.69) is 35.6 Å². The summed E-state index contributed by atoms with van der Waals surface area (Å²) in [6.45, 7) is 0.827. The largest absolute Gasteiger partial charge is 0.359 e. The Morgan fingerprint density at radius 1 is 0.882 bits per heavy atom. The molecule has 0 aliphatic rings. The van der Waals surface area contributed by atoms with Gasteiger partial charge in [-0.15, -0.1) is 0 Å². The van der Waals surface area contributed by atoms with E-state index in [1.807, 2.05) is 0 Å². The van der Waals surface area contributed by atoms with Crippen molar-refractivity contribution < 1.29 is 4.79 Å². The predicted molar refractivity (Wildman–Crippen MR) is 71.9 cm³/mol. The molecule has 1 rings (SSSR count). The predicted octanol–water partition coefficient (Wildman–Crippen LogP) is 3.32. The number of unbranched alkanes of at least 4 members (excludes halogenated alkanes) is 5. The zero-order valence-electron chi connectivity index (χ0n) is 10.5. The lowest BCUT2D eigenvalue weighted by Gasteiger charge is -2.02. The third kappa shape index (κ3) is 7.56. The topological polar surface area (TPSA) is 29.1 Å². The molecule has 0 aliphatic heterocycles. The number of hydrogen-bond donors (Lipinski definition) is 1. The number of nitrogens with one attached hydrogen (secondary N) is 1. The number of carbonyl (C=O) groups excluding carboxylic acids is 1. The highest BCUT2D eigenvalue weighted by Gasteiger charge is 1.93. The number of hydrogen-bond acceptors (Lipinski definition) is 1. The summed E-state index contributed by atoms with van der Waals surface area (Å²) in [6.07, 6.45) is 9.52. The summed E-state index contributed by atoms with van der Waals surface area (Å²) < 4.78 is 0. The maximum Gasteiger partial charge on any atom is 0.207 e. The second-order valence-corrected chi connectivity index (χ2v) is 4.43. The van der Waals surface area contributed by atoms with Crippen LogP contribution in [-0.4, -0.2) is 13.0 Å². The first-order chi connectivity index (χ1) is 8.43. The van der Waals surface area contributed by atoms with Gasteiger partial charge >= 0.3 is 0 Å². The molecule has 2 nitrogen and oxygen atoms in total. The first-order valence-corrected chi connectivity index (χ1v) is 6.64. The van der Waals surface area contributed by atoms with Gasteiger partial charge in [-0.2, -0.15) is 0 Å². The number of benzene rings is 1. The van der Waals surface area contributed by atoms with Crippen LogP contribution < -0.4 is 5.32 Å². The normalized spacial score (nSPS) is 10.1. The second-order valence-electron chi connectivity index (χ2n) is 4.43. The van der Waals surface area contributed by atoms with Gasteiger partial charge in [0.25, 0.3) is 0 Å². The third-order valence-electron chi connectivity index (χ3n) is 2.96. The summed E-state index contributed by atoms with van der Waals surface area (Å²) in [7, 11) is 0. The van der Waals surface area contributed by atoms with Crippen molar-refractivity contribution in [2.75, 3.05) is 6.54 Å². The average molecular weight is 233 g/mol. The van der Waals surface area contributed by atoms with Gasteiger partial charge in [0.2, 0.25) is 6.41 Å². The van der Waals surface area contributed by atoms with E-state index >= 15 is 0 Å². The Morgan fingerprint density at radius 2 is 1.53 bits per heavy atom. The number of rotatable bonds is 10. The van der Waals surface area contributed by atoms with E-state index in [-0.39, 0.29) is 0 Å². The Morgan fingerprint density at radius 3 is 2.24 bits per heavy atom. The number of amides is 1. The van der Waals surface area contributed by atoms with Crippen LogP contribution in [0.25, 0.3) is 0 Å². The van der Waals surface area contributed by atoms with E-state index in [1.54, 1.807) is 0 Å². The Bertz CT molecular complexity index is 284. The first-order valence-electron chi connectivity index (χ1n) is 6.64. The maximum absolute atomic E-state index is 10.0. The van der Waals surface area contributed by atoms with Crippen LogP contribution in [0.4, 0.5) is 0 Å². The highest BCUT2D eigenvalue weighted by molar-refractivity contribution is 5.45. The molecule has 0 aliphatic carbocycles. The van der Waals surface area contributed by atoms with Gasteiger partial charge in [-0.3, -0.25) is 4.79 Å². The molecule has 17 heavy (non-hydrogen) atoms. The molecule has 0 unspecified atom stereocenters. The van der Waals surface area contributed by atoms with Gasteiger partial charge in [0.05, 0.1) is 0 Å². The summed E-state index contributed by atoms with van der Waals surface area (Å²) >= 11 is 0. The molecular formula is C15H23NO. The van der Waals surface area contributed by atoms with E-state index < -0.39 is 0 Å². The molecule has 1 N–H and O–H groups in total. The summed E-state index contributed by atoms with van der Waals surface area (Å²) in [6, 6.07) is 10.7. The minimum atomic E-state index is 0.778. The fraction of sp³-hybridized carbons (Fsp3) is 0.533. The van der Waals surface area contributed by atoms with E-state index in [1.165, 1.54) is 44.1 Å². The van der Waals surface area contributed by atoms with Crippen molar-refractivity contribution in [1.82, 2.24) is 5.32 Å². The molecule has 1 amide bonds. The van der Waals surface area contributed by atoms with Crippen molar-refractivity contribution in [2.24, 2.45) is 0 Å². The zero-order valence-corrected chi connectivity index (χ0v) is 10.5. The fourth-order valence-corrected chi connectivity index (χ4v) is 1.97. The van der Waals surface area contributed by atoms with Crippen molar-refractivity contribution in [3.8, 4) is 0 Å². The van der Waals surface area contributed by atoms with Crippen LogP contribution in [0, 0.1) is 0 Å². The molecular weight excluding hydrogens is 210 g/mol. The van der Waals surface area contributed by atoms with Gasteiger partial charge in [-0.1, -0.05) is 56.0 Å². The number of carbonyl (C=O) groups is 1. The molecule has 0 aromatic heterocycles. The highest BCUT2D eigenvalue weighted by atomic mass is 16.1. The Balaban J connectivity index is 1.86. The Labute approximate surface area is 104 Å². The lowest BCUT2D eigenvalue weighted by molar-refractivity contribution is -0.109. The van der Waals surface area contributed by atoms with E-state index in [0.717, 1.165) is 19.4 Å². The Kier molecular flexibility index (Phi) is 8.00. The van der Waals surface area contributed by atoms with Crippen molar-refractivity contribution >= 4 is 6.41 Å². The van der Waals surface area contributed by atoms with E-state index in [4.69, 9.17) is 0 Å².